The minimum absolute atomic E-state index is 0.274. The van der Waals surface area contributed by atoms with Gasteiger partial charge in [0, 0.05) is 22.8 Å². The lowest BCUT2D eigenvalue weighted by Crippen LogP contribution is -2.36. The lowest BCUT2D eigenvalue weighted by Gasteiger charge is -2.13. The monoisotopic (exact) mass is 461 g/mol. The third kappa shape index (κ3) is 4.85. The van der Waals surface area contributed by atoms with Gasteiger partial charge in [0.1, 0.15) is 12.3 Å². The number of nitrogens with one attached hydrogen (secondary N) is 1. The maximum absolute atomic E-state index is 12.9. The molecule has 1 N–H and O–H groups in total. The molecule has 0 aliphatic carbocycles. The first-order valence-corrected chi connectivity index (χ1v) is 11.1. The molecule has 2 heterocycles. The number of aryl methyl sites for hydroxylation is 2. The van der Waals surface area contributed by atoms with Gasteiger partial charge < -0.3 is 14.6 Å². The van der Waals surface area contributed by atoms with E-state index in [4.69, 9.17) is 4.74 Å². The Morgan fingerprint density at radius 3 is 2.36 bits per heavy atom. The zero-order chi connectivity index (χ0) is 23.5. The van der Waals surface area contributed by atoms with E-state index in [1.54, 1.807) is 25.3 Å². The van der Waals surface area contributed by atoms with Crippen molar-refractivity contribution in [3.8, 4) is 11.4 Å². The summed E-state index contributed by atoms with van der Waals surface area (Å²) >= 11 is 0.831. The summed E-state index contributed by atoms with van der Waals surface area (Å²) < 4.78 is 7.21. The van der Waals surface area contributed by atoms with E-state index < -0.39 is 17.1 Å². The van der Waals surface area contributed by atoms with Crippen LogP contribution in [0.3, 0.4) is 0 Å². The number of nitrogens with zero attached hydrogens (tertiary/aromatic N) is 2. The van der Waals surface area contributed by atoms with E-state index >= 15 is 0 Å². The number of benzene rings is 2. The zero-order valence-electron chi connectivity index (χ0n) is 18.5. The molecule has 1 saturated heterocycles. The van der Waals surface area contributed by atoms with Gasteiger partial charge in [0.15, 0.2) is 0 Å². The van der Waals surface area contributed by atoms with Gasteiger partial charge in [-0.3, -0.25) is 19.3 Å². The van der Waals surface area contributed by atoms with E-state index in [9.17, 15) is 14.4 Å². The van der Waals surface area contributed by atoms with Crippen molar-refractivity contribution in [3.63, 3.8) is 0 Å². The van der Waals surface area contributed by atoms with Crippen LogP contribution in [0.25, 0.3) is 11.8 Å². The number of rotatable bonds is 6. The molecule has 1 aliphatic rings. The molecule has 33 heavy (non-hydrogen) atoms. The number of hydrogen-bond donors (Lipinski definition) is 1. The molecule has 168 valence electrons. The van der Waals surface area contributed by atoms with Gasteiger partial charge in [-0.15, -0.1) is 0 Å². The standard InChI is InChI=1S/C25H23N3O4S/c1-16-4-7-18(8-5-16)26-23(29)15-27-24(30)22(33-25(27)31)14-20-9-6-17(2)28(20)19-10-12-21(32-3)13-11-19/h4-14H,15H2,1-3H3,(H,26,29)/b22-14-. The highest BCUT2D eigenvalue weighted by molar-refractivity contribution is 8.18. The first-order chi connectivity index (χ1) is 15.9. The predicted molar refractivity (Wildman–Crippen MR) is 130 cm³/mol. The molecule has 1 fully saturated rings. The van der Waals surface area contributed by atoms with E-state index in [1.165, 1.54) is 0 Å². The van der Waals surface area contributed by atoms with Crippen molar-refractivity contribution >= 4 is 40.6 Å². The Hall–Kier alpha value is -3.78. The second-order valence-electron chi connectivity index (χ2n) is 7.62. The minimum Gasteiger partial charge on any atom is -0.497 e. The molecule has 3 amide bonds. The van der Waals surface area contributed by atoms with Crippen molar-refractivity contribution in [3.05, 3.63) is 82.5 Å². The number of imide groups is 1. The highest BCUT2D eigenvalue weighted by Gasteiger charge is 2.36. The number of carbonyl (C=O) groups is 3. The van der Waals surface area contributed by atoms with Gasteiger partial charge in [0.25, 0.3) is 11.1 Å². The average molecular weight is 462 g/mol. The van der Waals surface area contributed by atoms with Crippen LogP contribution in [-0.2, 0) is 9.59 Å². The van der Waals surface area contributed by atoms with Gasteiger partial charge in [-0.05, 0) is 80.2 Å². The van der Waals surface area contributed by atoms with Crippen molar-refractivity contribution in [2.24, 2.45) is 0 Å². The molecule has 3 aromatic rings. The van der Waals surface area contributed by atoms with Gasteiger partial charge in [0.2, 0.25) is 5.91 Å². The maximum Gasteiger partial charge on any atom is 0.294 e. The lowest BCUT2D eigenvalue weighted by atomic mass is 10.2. The molecule has 0 radical (unpaired) electrons. The molecule has 2 aromatic carbocycles. The van der Waals surface area contributed by atoms with E-state index in [0.717, 1.165) is 45.1 Å². The molecule has 1 aliphatic heterocycles. The molecule has 0 unspecified atom stereocenters. The number of methoxy groups -OCH3 is 1. The van der Waals surface area contributed by atoms with E-state index in [-0.39, 0.29) is 11.4 Å². The van der Waals surface area contributed by atoms with Gasteiger partial charge >= 0.3 is 0 Å². The molecule has 0 atom stereocenters. The van der Waals surface area contributed by atoms with Crippen LogP contribution < -0.4 is 10.1 Å². The molecule has 7 nitrogen and oxygen atoms in total. The molecule has 8 heteroatoms. The number of ether oxygens (including phenoxy) is 1. The number of hydrogen-bond acceptors (Lipinski definition) is 5. The van der Waals surface area contributed by atoms with Crippen LogP contribution in [0.5, 0.6) is 5.75 Å². The fourth-order valence-electron chi connectivity index (χ4n) is 3.51. The Labute approximate surface area is 196 Å². The largest absolute Gasteiger partial charge is 0.497 e. The maximum atomic E-state index is 12.9. The lowest BCUT2D eigenvalue weighted by molar-refractivity contribution is -0.127. The second-order valence-corrected chi connectivity index (χ2v) is 8.61. The molecule has 1 aromatic heterocycles. The Bertz CT molecular complexity index is 1240. The molecule has 0 bridgehead atoms. The van der Waals surface area contributed by atoms with Crippen LogP contribution in [0.15, 0.2) is 65.6 Å². The van der Waals surface area contributed by atoms with Gasteiger partial charge in [-0.2, -0.15) is 0 Å². The SMILES string of the molecule is COc1ccc(-n2c(C)ccc2/C=C2\SC(=O)N(CC(=O)Nc3ccc(C)cc3)C2=O)cc1. The van der Waals surface area contributed by atoms with Crippen LogP contribution in [0, 0.1) is 13.8 Å². The summed E-state index contributed by atoms with van der Waals surface area (Å²) in [5, 5.41) is 2.25. The van der Waals surface area contributed by atoms with Crippen LogP contribution in [-0.4, -0.2) is 40.2 Å². The van der Waals surface area contributed by atoms with Crippen LogP contribution in [0.4, 0.5) is 10.5 Å². The number of aromatic nitrogens is 1. The summed E-state index contributed by atoms with van der Waals surface area (Å²) in [5.41, 5.74) is 4.32. The molecular formula is C25H23N3O4S. The van der Waals surface area contributed by atoms with Crippen LogP contribution >= 0.6 is 11.8 Å². The third-order valence-corrected chi connectivity index (χ3v) is 6.13. The molecular weight excluding hydrogens is 438 g/mol. The summed E-state index contributed by atoms with van der Waals surface area (Å²) in [5.74, 6) is -0.167. The Morgan fingerprint density at radius 2 is 1.70 bits per heavy atom. The number of anilines is 1. The number of carbonyl (C=O) groups excluding carboxylic acids is 3. The topological polar surface area (TPSA) is 80.6 Å². The quantitative estimate of drug-likeness (QED) is 0.535. The van der Waals surface area contributed by atoms with Gasteiger partial charge in [-0.25, -0.2) is 0 Å². The minimum atomic E-state index is -0.482. The fourth-order valence-corrected chi connectivity index (χ4v) is 4.33. The normalized spacial score (nSPS) is 14.8. The van der Waals surface area contributed by atoms with E-state index in [0.29, 0.717) is 5.69 Å². The Morgan fingerprint density at radius 1 is 1.00 bits per heavy atom. The van der Waals surface area contributed by atoms with E-state index in [1.807, 2.05) is 66.9 Å². The third-order valence-electron chi connectivity index (χ3n) is 5.23. The first kappa shape index (κ1) is 22.4. The molecule has 4 rings (SSSR count). The summed E-state index contributed by atoms with van der Waals surface area (Å²) in [7, 11) is 1.61. The summed E-state index contributed by atoms with van der Waals surface area (Å²) in [6.45, 7) is 3.57. The average Bonchev–Trinajstić information content (AvgIpc) is 3.29. The van der Waals surface area contributed by atoms with Crippen LogP contribution in [0.1, 0.15) is 17.0 Å². The van der Waals surface area contributed by atoms with Crippen molar-refractivity contribution in [1.29, 1.82) is 0 Å². The summed E-state index contributed by atoms with van der Waals surface area (Å²) in [6, 6.07) is 18.7. The molecule has 0 saturated carbocycles. The van der Waals surface area contributed by atoms with Crippen molar-refractivity contribution in [1.82, 2.24) is 9.47 Å². The number of thioether (sulfide) groups is 1. The summed E-state index contributed by atoms with van der Waals surface area (Å²) in [4.78, 5) is 39.0. The van der Waals surface area contributed by atoms with Crippen molar-refractivity contribution < 1.29 is 19.1 Å². The first-order valence-electron chi connectivity index (χ1n) is 10.3. The van der Waals surface area contributed by atoms with Crippen LogP contribution in [0.2, 0.25) is 0 Å². The zero-order valence-corrected chi connectivity index (χ0v) is 19.3. The Balaban J connectivity index is 1.52. The summed E-state index contributed by atoms with van der Waals surface area (Å²) in [6.07, 6.45) is 1.68. The second kappa shape index (κ2) is 9.38. The van der Waals surface area contributed by atoms with Gasteiger partial charge in [-0.1, -0.05) is 17.7 Å². The Kier molecular flexibility index (Phi) is 6.37. The number of amides is 3. The fraction of sp³-hybridized carbons (Fsp3) is 0.160. The molecule has 0 spiro atoms. The van der Waals surface area contributed by atoms with Crippen molar-refractivity contribution in [2.45, 2.75) is 13.8 Å². The smallest absolute Gasteiger partial charge is 0.294 e. The highest BCUT2D eigenvalue weighted by atomic mass is 32.2. The van der Waals surface area contributed by atoms with E-state index in [2.05, 4.69) is 5.32 Å². The van der Waals surface area contributed by atoms with Gasteiger partial charge in [0.05, 0.1) is 12.0 Å². The predicted octanol–water partition coefficient (Wildman–Crippen LogP) is 4.78. The highest BCUT2D eigenvalue weighted by Crippen LogP contribution is 2.33. The van der Waals surface area contributed by atoms with Crippen molar-refractivity contribution in [2.75, 3.05) is 19.0 Å².